The summed E-state index contributed by atoms with van der Waals surface area (Å²) in [5.41, 5.74) is 3.73. The van der Waals surface area contributed by atoms with Crippen molar-refractivity contribution in [2.45, 2.75) is 31.5 Å². The number of hydrogen-bond donors (Lipinski definition) is 3. The van der Waals surface area contributed by atoms with Crippen molar-refractivity contribution >= 4 is 22.4 Å². The van der Waals surface area contributed by atoms with Gasteiger partial charge >= 0.3 is 0 Å². The molecule has 1 aromatic heterocycles. The summed E-state index contributed by atoms with van der Waals surface area (Å²) in [6.45, 7) is 0.233. The van der Waals surface area contributed by atoms with E-state index in [9.17, 15) is 25.1 Å². The number of carbonyl (C=O) groups excluding carboxylic acids is 1. The Morgan fingerprint density at radius 2 is 1.84 bits per heavy atom. The standard InChI is InChI=1S/C31H29N3O9/c1-40-25-8-7-20-22(13-28(36)32-24(15-35)30(37)17-3-5-19(6-4-17)34(38)39)29-21-12-27-26(42-16-43-27)11-18(21)9-10-33(29)14-23(20)31(25)41-2/h3-8,11-12,14,24,30,35,37H,9-10,13,15-16H2,1-2H3/p+1/t24-,30-/m1/s1. The van der Waals surface area contributed by atoms with Crippen molar-refractivity contribution in [1.82, 2.24) is 5.32 Å². The lowest BCUT2D eigenvalue weighted by Crippen LogP contribution is -2.44. The van der Waals surface area contributed by atoms with Crippen molar-refractivity contribution < 1.29 is 43.4 Å². The molecule has 0 aliphatic carbocycles. The molecule has 0 bridgehead atoms. The summed E-state index contributed by atoms with van der Waals surface area (Å²) in [7, 11) is 3.13. The molecule has 3 heterocycles. The topological polar surface area (TPSA) is 153 Å². The molecule has 0 radical (unpaired) electrons. The Kier molecular flexibility index (Phi) is 7.46. The van der Waals surface area contributed by atoms with Crippen molar-refractivity contribution in [2.24, 2.45) is 0 Å². The molecule has 12 nitrogen and oxygen atoms in total. The maximum absolute atomic E-state index is 13.6. The number of benzene rings is 3. The molecule has 6 rings (SSSR count). The monoisotopic (exact) mass is 588 g/mol. The van der Waals surface area contributed by atoms with Gasteiger partial charge in [0.05, 0.1) is 49.2 Å². The van der Waals surface area contributed by atoms with E-state index < -0.39 is 29.6 Å². The van der Waals surface area contributed by atoms with Crippen LogP contribution in [0.4, 0.5) is 5.69 Å². The minimum atomic E-state index is -1.30. The van der Waals surface area contributed by atoms with Gasteiger partial charge in [-0.2, -0.15) is 4.57 Å². The zero-order valence-electron chi connectivity index (χ0n) is 23.5. The van der Waals surface area contributed by atoms with E-state index >= 15 is 0 Å². The van der Waals surface area contributed by atoms with Crippen molar-refractivity contribution in [2.75, 3.05) is 27.6 Å². The maximum atomic E-state index is 13.6. The van der Waals surface area contributed by atoms with Gasteiger partial charge in [-0.25, -0.2) is 0 Å². The van der Waals surface area contributed by atoms with Crippen LogP contribution in [0.3, 0.4) is 0 Å². The molecule has 3 N–H and O–H groups in total. The molecule has 2 aliphatic rings. The van der Waals surface area contributed by atoms with Crippen molar-refractivity contribution in [3.8, 4) is 34.3 Å². The number of carbonyl (C=O) groups is 1. The van der Waals surface area contributed by atoms with Gasteiger partial charge in [0.15, 0.2) is 35.7 Å². The SMILES string of the molecule is COc1ccc2c(CC(=O)N[C@H](CO)[C@H](O)c3ccc([N+](=O)[O-])cc3)c3[n+](cc2c1OC)CCc1cc2c(cc1-3)OCO2. The zero-order valence-corrected chi connectivity index (χ0v) is 23.5. The Hall–Kier alpha value is -4.94. The highest BCUT2D eigenvalue weighted by molar-refractivity contribution is 5.98. The van der Waals surface area contributed by atoms with Gasteiger partial charge in [-0.1, -0.05) is 0 Å². The Labute approximate surface area is 246 Å². The van der Waals surface area contributed by atoms with Crippen molar-refractivity contribution in [1.29, 1.82) is 0 Å². The van der Waals surface area contributed by atoms with Crippen LogP contribution in [0.5, 0.6) is 23.0 Å². The van der Waals surface area contributed by atoms with Crippen LogP contribution in [0.15, 0.2) is 54.7 Å². The van der Waals surface area contributed by atoms with Crippen LogP contribution in [-0.2, 0) is 24.2 Å². The number of non-ortho nitro benzene ring substituents is 1. The van der Waals surface area contributed by atoms with Crippen molar-refractivity contribution in [3.05, 3.63) is 81.5 Å². The first kappa shape index (κ1) is 28.2. The van der Waals surface area contributed by atoms with Crippen LogP contribution in [0.1, 0.15) is 22.8 Å². The van der Waals surface area contributed by atoms with Gasteiger partial charge in [0.25, 0.3) is 5.69 Å². The second-order valence-corrected chi connectivity index (χ2v) is 10.4. The highest BCUT2D eigenvalue weighted by Gasteiger charge is 2.34. The molecule has 12 heteroatoms. The Bertz CT molecular complexity index is 1740. The molecule has 222 valence electrons. The van der Waals surface area contributed by atoms with Gasteiger partial charge in [-0.05, 0) is 47.5 Å². The Morgan fingerprint density at radius 1 is 1.09 bits per heavy atom. The molecule has 3 aromatic carbocycles. The number of aromatic nitrogens is 1. The molecular formula is C31H30N3O9+. The lowest BCUT2D eigenvalue weighted by Gasteiger charge is -2.24. The van der Waals surface area contributed by atoms with Gasteiger partial charge in [0, 0.05) is 29.5 Å². The van der Waals surface area contributed by atoms with Crippen LogP contribution in [-0.4, -0.2) is 54.7 Å². The van der Waals surface area contributed by atoms with Crippen LogP contribution >= 0.6 is 0 Å². The number of nitro benzene ring substituents is 1. The highest BCUT2D eigenvalue weighted by atomic mass is 16.7. The normalized spacial score (nSPS) is 14.4. The van der Waals surface area contributed by atoms with Crippen LogP contribution < -0.4 is 28.8 Å². The zero-order chi connectivity index (χ0) is 30.2. The number of amides is 1. The number of nitrogens with zero attached hydrogens (tertiary/aromatic N) is 2. The Morgan fingerprint density at radius 3 is 2.51 bits per heavy atom. The van der Waals surface area contributed by atoms with Crippen LogP contribution in [0.25, 0.3) is 22.0 Å². The van der Waals surface area contributed by atoms with Crippen LogP contribution in [0.2, 0.25) is 0 Å². The van der Waals surface area contributed by atoms with E-state index in [-0.39, 0.29) is 18.9 Å². The summed E-state index contributed by atoms with van der Waals surface area (Å²) in [5.74, 6) is 1.97. The summed E-state index contributed by atoms with van der Waals surface area (Å²) in [4.78, 5) is 24.1. The van der Waals surface area contributed by atoms with E-state index in [0.29, 0.717) is 35.1 Å². The summed E-state index contributed by atoms with van der Waals surface area (Å²) >= 11 is 0. The second kappa shape index (κ2) is 11.4. The number of ether oxygens (including phenoxy) is 4. The lowest BCUT2D eigenvalue weighted by atomic mass is 9.89. The fraction of sp³-hybridized carbons (Fsp3) is 0.290. The van der Waals surface area contributed by atoms with Gasteiger partial charge in [-0.15, -0.1) is 0 Å². The van der Waals surface area contributed by atoms with E-state index in [0.717, 1.165) is 39.6 Å². The van der Waals surface area contributed by atoms with Gasteiger partial charge in [0.2, 0.25) is 18.4 Å². The fourth-order valence-electron chi connectivity index (χ4n) is 5.86. The number of pyridine rings is 1. The average Bonchev–Trinajstić information content (AvgIpc) is 3.48. The molecular weight excluding hydrogens is 558 g/mol. The lowest BCUT2D eigenvalue weighted by molar-refractivity contribution is -0.686. The third-order valence-electron chi connectivity index (χ3n) is 7.95. The molecule has 4 aromatic rings. The number of aliphatic hydroxyl groups is 2. The molecule has 0 unspecified atom stereocenters. The number of nitro groups is 1. The van der Waals surface area contributed by atoms with Crippen molar-refractivity contribution in [3.63, 3.8) is 0 Å². The summed E-state index contributed by atoms with van der Waals surface area (Å²) < 4.78 is 24.6. The van der Waals surface area contributed by atoms with E-state index in [2.05, 4.69) is 9.88 Å². The molecule has 0 saturated heterocycles. The predicted octanol–water partition coefficient (Wildman–Crippen LogP) is 2.76. The molecule has 43 heavy (non-hydrogen) atoms. The van der Waals surface area contributed by atoms with Gasteiger partial charge < -0.3 is 34.5 Å². The number of methoxy groups -OCH3 is 2. The van der Waals surface area contributed by atoms with E-state index in [1.165, 1.54) is 24.3 Å². The predicted molar refractivity (Wildman–Crippen MR) is 153 cm³/mol. The average molecular weight is 589 g/mol. The molecule has 2 aliphatic heterocycles. The van der Waals surface area contributed by atoms with Gasteiger partial charge in [-0.3, -0.25) is 14.9 Å². The Balaban J connectivity index is 1.40. The number of rotatable bonds is 9. The maximum Gasteiger partial charge on any atom is 0.269 e. The molecule has 0 spiro atoms. The van der Waals surface area contributed by atoms with E-state index in [4.69, 9.17) is 18.9 Å². The first-order valence-corrected chi connectivity index (χ1v) is 13.7. The molecule has 2 atom stereocenters. The summed E-state index contributed by atoms with van der Waals surface area (Å²) in [5, 5.41) is 36.3. The van der Waals surface area contributed by atoms with E-state index in [1.807, 2.05) is 24.4 Å². The third kappa shape index (κ3) is 5.04. The minimum absolute atomic E-state index is 0.0838. The smallest absolute Gasteiger partial charge is 0.269 e. The fourth-order valence-corrected chi connectivity index (χ4v) is 5.86. The number of aliphatic hydroxyl groups excluding tert-OH is 2. The van der Waals surface area contributed by atoms with Gasteiger partial charge in [0.1, 0.15) is 6.10 Å². The second-order valence-electron chi connectivity index (χ2n) is 10.4. The first-order valence-electron chi connectivity index (χ1n) is 13.7. The summed E-state index contributed by atoms with van der Waals surface area (Å²) in [6.07, 6.45) is 1.35. The molecule has 0 saturated carbocycles. The quantitative estimate of drug-likeness (QED) is 0.152. The minimum Gasteiger partial charge on any atom is -0.493 e. The summed E-state index contributed by atoms with van der Waals surface area (Å²) in [6, 6.07) is 11.9. The third-order valence-corrected chi connectivity index (χ3v) is 7.95. The molecule has 1 amide bonds. The number of aryl methyl sites for hydroxylation is 2. The largest absolute Gasteiger partial charge is 0.493 e. The number of hydrogen-bond acceptors (Lipinski definition) is 9. The highest BCUT2D eigenvalue weighted by Crippen LogP contribution is 2.43. The molecule has 0 fully saturated rings. The van der Waals surface area contributed by atoms with E-state index in [1.54, 1.807) is 20.3 Å². The first-order chi connectivity index (χ1) is 20.8. The number of nitrogens with one attached hydrogen (secondary N) is 1. The van der Waals surface area contributed by atoms with Crippen LogP contribution in [0, 0.1) is 10.1 Å². The number of fused-ring (bicyclic) bond motifs is 5.